The van der Waals surface area contributed by atoms with E-state index in [0.717, 1.165) is 25.9 Å². The van der Waals surface area contributed by atoms with Gasteiger partial charge in [-0.25, -0.2) is 4.79 Å². The van der Waals surface area contributed by atoms with Crippen LogP contribution in [0.2, 0.25) is 0 Å². The van der Waals surface area contributed by atoms with Crippen LogP contribution in [0.15, 0.2) is 58.1 Å². The molecular formula is C22H22N4O2S. The average Bonchev–Trinajstić information content (AvgIpc) is 3.18. The summed E-state index contributed by atoms with van der Waals surface area (Å²) in [6, 6.07) is 15.6. The number of aromatic nitrogens is 3. The van der Waals surface area contributed by atoms with Gasteiger partial charge in [-0.15, -0.1) is 0 Å². The minimum Gasteiger partial charge on any atom is -0.307 e. The maximum atomic E-state index is 12.7. The van der Waals surface area contributed by atoms with Crippen LogP contribution >= 0.6 is 11.5 Å². The van der Waals surface area contributed by atoms with Gasteiger partial charge in [0.15, 0.2) is 0 Å². The summed E-state index contributed by atoms with van der Waals surface area (Å²) in [4.78, 5) is 30.2. The Kier molecular flexibility index (Phi) is 4.77. The summed E-state index contributed by atoms with van der Waals surface area (Å²) < 4.78 is 7.29. The van der Waals surface area contributed by atoms with Gasteiger partial charge in [0.2, 0.25) is 0 Å². The topological polar surface area (TPSA) is 71.0 Å². The normalized spacial score (nSPS) is 16.0. The van der Waals surface area contributed by atoms with Crippen molar-refractivity contribution < 1.29 is 0 Å². The minimum absolute atomic E-state index is 0.215. The van der Waals surface area contributed by atoms with Crippen LogP contribution < -0.4 is 11.2 Å². The number of hydrogen-bond acceptors (Lipinski definition) is 5. The molecular weight excluding hydrogens is 384 g/mol. The molecule has 6 nitrogen and oxygen atoms in total. The van der Waals surface area contributed by atoms with Gasteiger partial charge in [0.1, 0.15) is 0 Å². The van der Waals surface area contributed by atoms with Gasteiger partial charge < -0.3 is 9.88 Å². The molecule has 4 aromatic rings. The molecule has 1 N–H and O–H groups in total. The van der Waals surface area contributed by atoms with Crippen LogP contribution in [0, 0.1) is 0 Å². The summed E-state index contributed by atoms with van der Waals surface area (Å²) in [6.45, 7) is 3.02. The molecule has 0 unspecified atom stereocenters. The Morgan fingerprint density at radius 1 is 0.966 bits per heavy atom. The molecule has 3 heterocycles. The molecule has 1 aliphatic heterocycles. The summed E-state index contributed by atoms with van der Waals surface area (Å²) >= 11 is 1.58. The number of H-pyrrole nitrogens is 1. The zero-order chi connectivity index (χ0) is 19.8. The Labute approximate surface area is 171 Å². The highest BCUT2D eigenvalue weighted by Crippen LogP contribution is 2.34. The molecule has 2 aromatic carbocycles. The van der Waals surface area contributed by atoms with Crippen LogP contribution in [0.3, 0.4) is 0 Å². The number of para-hydroxylation sites is 1. The second kappa shape index (κ2) is 7.57. The smallest absolute Gasteiger partial charge is 0.307 e. The van der Waals surface area contributed by atoms with E-state index >= 15 is 0 Å². The second-order valence-corrected chi connectivity index (χ2v) is 8.42. The first-order valence-electron chi connectivity index (χ1n) is 9.99. The number of aromatic amines is 1. The fraction of sp³-hybridized carbons (Fsp3) is 0.318. The molecule has 0 aliphatic carbocycles. The van der Waals surface area contributed by atoms with E-state index in [9.17, 15) is 9.59 Å². The Hall–Kier alpha value is -2.77. The highest BCUT2D eigenvalue weighted by molar-refractivity contribution is 7.13. The van der Waals surface area contributed by atoms with E-state index in [0.29, 0.717) is 29.9 Å². The SMILES string of the molecule is O=c1[nH]c2ccccc2c(=O)n1CCN1CCC(c2nsc3ccccc23)CC1. The molecule has 1 aliphatic rings. The first-order valence-corrected chi connectivity index (χ1v) is 10.8. The lowest BCUT2D eigenvalue weighted by Gasteiger charge is -2.31. The number of nitrogens with zero attached hydrogens (tertiary/aromatic N) is 3. The molecule has 0 bridgehead atoms. The Morgan fingerprint density at radius 3 is 2.52 bits per heavy atom. The molecule has 1 fully saturated rings. The molecule has 0 radical (unpaired) electrons. The first-order chi connectivity index (χ1) is 14.2. The Balaban J connectivity index is 1.27. The number of nitrogens with one attached hydrogen (secondary N) is 1. The molecule has 29 heavy (non-hydrogen) atoms. The molecule has 0 atom stereocenters. The Bertz CT molecular complexity index is 1280. The molecule has 7 heteroatoms. The van der Waals surface area contributed by atoms with E-state index in [1.54, 1.807) is 23.7 Å². The zero-order valence-electron chi connectivity index (χ0n) is 16.0. The summed E-state index contributed by atoms with van der Waals surface area (Å²) in [5, 5.41) is 1.84. The monoisotopic (exact) mass is 406 g/mol. The molecule has 1 saturated heterocycles. The quantitative estimate of drug-likeness (QED) is 0.565. The molecule has 0 saturated carbocycles. The van der Waals surface area contributed by atoms with Crippen molar-refractivity contribution in [2.75, 3.05) is 19.6 Å². The predicted octanol–water partition coefficient (Wildman–Crippen LogP) is 3.18. The van der Waals surface area contributed by atoms with Crippen molar-refractivity contribution in [3.63, 3.8) is 0 Å². The van der Waals surface area contributed by atoms with E-state index in [4.69, 9.17) is 4.37 Å². The van der Waals surface area contributed by atoms with Gasteiger partial charge in [-0.1, -0.05) is 30.3 Å². The molecule has 5 rings (SSSR count). The van der Waals surface area contributed by atoms with Crippen LogP contribution in [0.5, 0.6) is 0 Å². The van der Waals surface area contributed by atoms with Crippen molar-refractivity contribution in [1.29, 1.82) is 0 Å². The lowest BCUT2D eigenvalue weighted by Crippen LogP contribution is -2.41. The van der Waals surface area contributed by atoms with Crippen molar-refractivity contribution in [3.05, 3.63) is 75.1 Å². The lowest BCUT2D eigenvalue weighted by molar-refractivity contribution is 0.203. The predicted molar refractivity (Wildman–Crippen MR) is 117 cm³/mol. The number of rotatable bonds is 4. The summed E-state index contributed by atoms with van der Waals surface area (Å²) in [7, 11) is 0. The van der Waals surface area contributed by atoms with E-state index in [2.05, 4.69) is 34.1 Å². The largest absolute Gasteiger partial charge is 0.328 e. The fourth-order valence-corrected chi connectivity index (χ4v) is 5.13. The van der Waals surface area contributed by atoms with Crippen LogP contribution in [0.1, 0.15) is 24.5 Å². The van der Waals surface area contributed by atoms with Crippen molar-refractivity contribution >= 4 is 32.5 Å². The van der Waals surface area contributed by atoms with E-state index < -0.39 is 0 Å². The standard InChI is InChI=1S/C22H22N4O2S/c27-21-16-5-1-3-7-18(16)23-22(28)26(21)14-13-25-11-9-15(10-12-25)20-17-6-2-4-8-19(17)29-24-20/h1-8,15H,9-14H2,(H,23,28). The van der Waals surface area contributed by atoms with Gasteiger partial charge >= 0.3 is 5.69 Å². The first kappa shape index (κ1) is 18.3. The minimum atomic E-state index is -0.336. The molecule has 0 amide bonds. The highest BCUT2D eigenvalue weighted by atomic mass is 32.1. The summed E-state index contributed by atoms with van der Waals surface area (Å²) in [5.74, 6) is 0.481. The van der Waals surface area contributed by atoms with Crippen molar-refractivity contribution in [3.8, 4) is 0 Å². The summed E-state index contributed by atoms with van der Waals surface area (Å²) in [5.41, 5.74) is 1.27. The third-order valence-corrected chi connectivity index (χ3v) is 6.75. The van der Waals surface area contributed by atoms with E-state index in [1.807, 2.05) is 12.1 Å². The van der Waals surface area contributed by atoms with Crippen LogP contribution in [0.4, 0.5) is 0 Å². The van der Waals surface area contributed by atoms with Crippen molar-refractivity contribution in [1.82, 2.24) is 18.8 Å². The zero-order valence-corrected chi connectivity index (χ0v) is 16.8. The molecule has 2 aromatic heterocycles. The van der Waals surface area contributed by atoms with Gasteiger partial charge in [0.25, 0.3) is 5.56 Å². The summed E-state index contributed by atoms with van der Waals surface area (Å²) in [6.07, 6.45) is 2.10. The third-order valence-electron chi connectivity index (χ3n) is 5.91. The fourth-order valence-electron chi connectivity index (χ4n) is 4.27. The van der Waals surface area contributed by atoms with Crippen LogP contribution in [0.25, 0.3) is 21.0 Å². The third kappa shape index (κ3) is 3.41. The number of piperidine rings is 1. The number of hydrogen-bond donors (Lipinski definition) is 1. The maximum Gasteiger partial charge on any atom is 0.328 e. The van der Waals surface area contributed by atoms with E-state index in [-0.39, 0.29) is 11.2 Å². The highest BCUT2D eigenvalue weighted by Gasteiger charge is 2.24. The molecule has 0 spiro atoms. The Morgan fingerprint density at radius 2 is 1.69 bits per heavy atom. The van der Waals surface area contributed by atoms with Gasteiger partial charge in [0, 0.05) is 24.4 Å². The van der Waals surface area contributed by atoms with Gasteiger partial charge in [0.05, 0.1) is 21.3 Å². The van der Waals surface area contributed by atoms with Gasteiger partial charge in [-0.3, -0.25) is 9.36 Å². The van der Waals surface area contributed by atoms with Gasteiger partial charge in [-0.2, -0.15) is 4.37 Å². The van der Waals surface area contributed by atoms with E-state index in [1.165, 1.54) is 20.3 Å². The van der Waals surface area contributed by atoms with Crippen molar-refractivity contribution in [2.24, 2.45) is 0 Å². The number of likely N-dealkylation sites (tertiary alicyclic amines) is 1. The molecule has 148 valence electrons. The van der Waals surface area contributed by atoms with Gasteiger partial charge in [-0.05, 0) is 55.7 Å². The van der Waals surface area contributed by atoms with Crippen LogP contribution in [-0.4, -0.2) is 38.5 Å². The van der Waals surface area contributed by atoms with Crippen LogP contribution in [-0.2, 0) is 6.54 Å². The number of fused-ring (bicyclic) bond motifs is 2. The van der Waals surface area contributed by atoms with Crippen molar-refractivity contribution in [2.45, 2.75) is 25.3 Å². The second-order valence-electron chi connectivity index (χ2n) is 7.61. The number of benzene rings is 2. The maximum absolute atomic E-state index is 12.7. The average molecular weight is 407 g/mol. The lowest BCUT2D eigenvalue weighted by atomic mass is 9.91.